The van der Waals surface area contributed by atoms with E-state index in [0.29, 0.717) is 0 Å². The van der Waals surface area contributed by atoms with Crippen molar-refractivity contribution in [2.24, 2.45) is 0 Å². The second kappa shape index (κ2) is 7.87. The lowest BCUT2D eigenvalue weighted by molar-refractivity contribution is -0.141. The van der Waals surface area contributed by atoms with Crippen LogP contribution in [0.25, 0.3) is 0 Å². The minimum atomic E-state index is -1.54. The topological polar surface area (TPSA) is 61.8 Å². The van der Waals surface area contributed by atoms with Gasteiger partial charge >= 0.3 is 7.32 Å². The molecule has 0 aliphatic rings. The maximum absolute atomic E-state index is 10.9. The van der Waals surface area contributed by atoms with Crippen molar-refractivity contribution in [3.8, 4) is 0 Å². The van der Waals surface area contributed by atoms with Gasteiger partial charge in [-0.15, -0.1) is 13.2 Å². The molecule has 0 saturated carbocycles. The highest BCUT2D eigenvalue weighted by Crippen LogP contribution is 1.97. The highest BCUT2D eigenvalue weighted by Gasteiger charge is 2.28. The fraction of sp³-hybridized carbons (Fsp3) is 0.250. The molecule has 0 bridgehead atoms. The van der Waals surface area contributed by atoms with Gasteiger partial charge in [-0.2, -0.15) is 0 Å². The molecular weight excluding hydrogens is 198 g/mol. The van der Waals surface area contributed by atoms with Crippen molar-refractivity contribution < 1.29 is 23.5 Å². The molecule has 0 aromatic carbocycles. The Bertz CT molecular complexity index is 229. The molecule has 0 atom stereocenters. The molecule has 2 radical (unpaired) electrons. The van der Waals surface area contributed by atoms with E-state index >= 15 is 0 Å². The minimum Gasteiger partial charge on any atom is -0.474 e. The van der Waals surface area contributed by atoms with E-state index in [1.165, 1.54) is 12.2 Å². The highest BCUT2D eigenvalue weighted by molar-refractivity contribution is 6.46. The van der Waals surface area contributed by atoms with Gasteiger partial charge in [-0.05, 0) is 0 Å². The third-order valence-electron chi connectivity index (χ3n) is 1.19. The van der Waals surface area contributed by atoms with E-state index in [2.05, 4.69) is 27.0 Å². The molecular formula is C8H10B2O5. The smallest absolute Gasteiger partial charge is 0.474 e. The zero-order valence-corrected chi connectivity index (χ0v) is 8.18. The van der Waals surface area contributed by atoms with Gasteiger partial charge in [0.15, 0.2) is 0 Å². The van der Waals surface area contributed by atoms with Gasteiger partial charge in [-0.1, -0.05) is 12.2 Å². The maximum atomic E-state index is 10.9. The molecule has 0 aromatic heterocycles. The van der Waals surface area contributed by atoms with Crippen molar-refractivity contribution in [3.05, 3.63) is 25.3 Å². The summed E-state index contributed by atoms with van der Waals surface area (Å²) in [5, 5.41) is 0. The van der Waals surface area contributed by atoms with E-state index < -0.39 is 19.3 Å². The van der Waals surface area contributed by atoms with Crippen molar-refractivity contribution in [3.63, 3.8) is 0 Å². The predicted octanol–water partition coefficient (Wildman–Crippen LogP) is 0.310. The summed E-state index contributed by atoms with van der Waals surface area (Å²) in [7, 11) is 3.22. The van der Waals surface area contributed by atoms with Crippen LogP contribution in [0.15, 0.2) is 25.3 Å². The number of hydrogen-bond donors (Lipinski definition) is 0. The van der Waals surface area contributed by atoms with Crippen LogP contribution in [0.3, 0.4) is 0 Å². The first-order valence-corrected chi connectivity index (χ1v) is 4.10. The average Bonchev–Trinajstić information content (AvgIpc) is 2.17. The van der Waals surface area contributed by atoms with Crippen molar-refractivity contribution in [1.29, 1.82) is 0 Å². The van der Waals surface area contributed by atoms with Crippen LogP contribution in [0.4, 0.5) is 0 Å². The van der Waals surface area contributed by atoms with Gasteiger partial charge in [0.25, 0.3) is 20.0 Å². The second-order valence-corrected chi connectivity index (χ2v) is 2.39. The number of carbonyl (C=O) groups excluding carboxylic acids is 2. The van der Waals surface area contributed by atoms with Crippen LogP contribution < -0.4 is 0 Å². The Morgan fingerprint density at radius 1 is 1.13 bits per heavy atom. The quantitative estimate of drug-likeness (QED) is 0.444. The van der Waals surface area contributed by atoms with Crippen LogP contribution in [0.5, 0.6) is 0 Å². The number of rotatable bonds is 7. The molecule has 0 fully saturated rings. The van der Waals surface area contributed by atoms with Gasteiger partial charge in [-0.3, -0.25) is 9.59 Å². The lowest BCUT2D eigenvalue weighted by Crippen LogP contribution is -2.31. The van der Waals surface area contributed by atoms with Crippen molar-refractivity contribution in [2.75, 3.05) is 0 Å². The van der Waals surface area contributed by atoms with Gasteiger partial charge < -0.3 is 13.9 Å². The van der Waals surface area contributed by atoms with Crippen molar-refractivity contribution in [2.45, 2.75) is 12.8 Å². The van der Waals surface area contributed by atoms with Gasteiger partial charge in [0.2, 0.25) is 0 Å². The van der Waals surface area contributed by atoms with Gasteiger partial charge in [0, 0.05) is 0 Å². The summed E-state index contributed by atoms with van der Waals surface area (Å²) in [6.07, 6.45) is 2.61. The molecule has 0 saturated heterocycles. The fourth-order valence-corrected chi connectivity index (χ4v) is 0.626. The minimum absolute atomic E-state index is 0.0289. The maximum Gasteiger partial charge on any atom is 0.775 e. The molecule has 78 valence electrons. The van der Waals surface area contributed by atoms with Crippen LogP contribution in [-0.4, -0.2) is 27.3 Å². The van der Waals surface area contributed by atoms with Crippen LogP contribution in [0.2, 0.25) is 0 Å². The monoisotopic (exact) mass is 208 g/mol. The molecule has 0 heterocycles. The summed E-state index contributed by atoms with van der Waals surface area (Å²) in [6, 6.07) is 0. The zero-order chi connectivity index (χ0) is 11.7. The molecule has 0 amide bonds. The van der Waals surface area contributed by atoms with Crippen LogP contribution in [0, 0.1) is 0 Å². The van der Waals surface area contributed by atoms with E-state index in [0.717, 1.165) is 0 Å². The standard InChI is InChI=1S/C8H10B2O5/c1-3-5-7(11)13-10(15-9)14-8(12)6-4-2/h3-4H,1-2,5-6H2. The molecule has 5 nitrogen and oxygen atoms in total. The largest absolute Gasteiger partial charge is 0.775 e. The summed E-state index contributed by atoms with van der Waals surface area (Å²) in [5.41, 5.74) is 0. The van der Waals surface area contributed by atoms with E-state index in [9.17, 15) is 9.59 Å². The average molecular weight is 208 g/mol. The number of carbonyl (C=O) groups is 2. The van der Waals surface area contributed by atoms with Gasteiger partial charge in [0.1, 0.15) is 0 Å². The fourth-order valence-electron chi connectivity index (χ4n) is 0.626. The Labute approximate surface area is 89.7 Å². The molecule has 7 heteroatoms. The molecule has 0 aliphatic carbocycles. The van der Waals surface area contributed by atoms with E-state index in [1.807, 2.05) is 0 Å². The van der Waals surface area contributed by atoms with Crippen LogP contribution in [-0.2, 0) is 23.5 Å². The van der Waals surface area contributed by atoms with Gasteiger partial charge in [0.05, 0.1) is 12.8 Å². The molecule has 0 N–H and O–H groups in total. The summed E-state index contributed by atoms with van der Waals surface area (Å²) in [4.78, 5) is 21.8. The lowest BCUT2D eigenvalue weighted by Gasteiger charge is -2.10. The summed E-state index contributed by atoms with van der Waals surface area (Å²) in [5.74, 6) is -1.32. The second-order valence-electron chi connectivity index (χ2n) is 2.39. The summed E-state index contributed by atoms with van der Waals surface area (Å²) >= 11 is 0. The Morgan fingerprint density at radius 3 is 1.80 bits per heavy atom. The summed E-state index contributed by atoms with van der Waals surface area (Å²) < 4.78 is 13.2. The highest BCUT2D eigenvalue weighted by atomic mass is 16.7. The van der Waals surface area contributed by atoms with E-state index in [4.69, 9.17) is 8.05 Å². The van der Waals surface area contributed by atoms with Crippen molar-refractivity contribution in [1.82, 2.24) is 0 Å². The zero-order valence-electron chi connectivity index (χ0n) is 8.18. The molecule has 0 unspecified atom stereocenters. The molecule has 0 rings (SSSR count). The van der Waals surface area contributed by atoms with Crippen molar-refractivity contribution >= 4 is 27.3 Å². The van der Waals surface area contributed by atoms with Crippen LogP contribution in [0.1, 0.15) is 12.8 Å². The molecule has 0 aromatic rings. The third kappa shape index (κ3) is 6.56. The van der Waals surface area contributed by atoms with E-state index in [1.54, 1.807) is 0 Å². The Balaban J connectivity index is 4.01. The first-order valence-electron chi connectivity index (χ1n) is 4.10. The first kappa shape index (κ1) is 13.5. The number of hydrogen-bond acceptors (Lipinski definition) is 5. The Morgan fingerprint density at radius 2 is 1.53 bits per heavy atom. The lowest BCUT2D eigenvalue weighted by atomic mass is 10.2. The SMILES string of the molecule is [B]OB(OC(=O)CC=C)OC(=O)CC=C. The first-order chi connectivity index (χ1) is 7.13. The Hall–Kier alpha value is -1.49. The third-order valence-corrected chi connectivity index (χ3v) is 1.19. The summed E-state index contributed by atoms with van der Waals surface area (Å²) in [6.45, 7) is 6.66. The predicted molar refractivity (Wildman–Crippen MR) is 54.4 cm³/mol. The van der Waals surface area contributed by atoms with E-state index in [-0.39, 0.29) is 12.8 Å². The van der Waals surface area contributed by atoms with Gasteiger partial charge in [-0.25, -0.2) is 0 Å². The molecule has 0 aliphatic heterocycles. The molecule has 0 spiro atoms. The Kier molecular flexibility index (Phi) is 7.09. The molecule has 15 heavy (non-hydrogen) atoms. The van der Waals surface area contributed by atoms with Crippen LogP contribution >= 0.6 is 0 Å². The normalized spacial score (nSPS) is 8.80.